The van der Waals surface area contributed by atoms with E-state index in [0.717, 1.165) is 0 Å². The summed E-state index contributed by atoms with van der Waals surface area (Å²) in [5.41, 5.74) is 5.92. The molecule has 1 rings (SSSR count). The number of hydrogen-bond donors (Lipinski definition) is 1. The lowest BCUT2D eigenvalue weighted by Crippen LogP contribution is -2.32. The number of benzene rings is 1. The lowest BCUT2D eigenvalue weighted by Gasteiger charge is -2.17. The van der Waals surface area contributed by atoms with Gasteiger partial charge in [-0.15, -0.1) is 0 Å². The van der Waals surface area contributed by atoms with Crippen LogP contribution in [0.1, 0.15) is 13.8 Å². The molecule has 0 radical (unpaired) electrons. The fourth-order valence-corrected chi connectivity index (χ4v) is 1.25. The zero-order chi connectivity index (χ0) is 12.8. The average Bonchev–Trinajstić information content (AvgIpc) is 2.35. The first-order chi connectivity index (χ1) is 8.06. The van der Waals surface area contributed by atoms with E-state index in [0.29, 0.717) is 29.8 Å². The Morgan fingerprint density at radius 1 is 1.00 bits per heavy atom. The Labute approximate surface area is 103 Å². The van der Waals surface area contributed by atoms with Gasteiger partial charge in [0.1, 0.15) is 23.9 Å². The normalized spacial score (nSPS) is 12.4. The first-order valence-corrected chi connectivity index (χ1v) is 5.68. The molecule has 4 nitrogen and oxygen atoms in total. The van der Waals surface area contributed by atoms with Crippen molar-refractivity contribution in [3.63, 3.8) is 0 Å². The van der Waals surface area contributed by atoms with E-state index in [1.807, 2.05) is 12.1 Å². The second-order valence-corrected chi connectivity index (χ2v) is 4.27. The van der Waals surface area contributed by atoms with Gasteiger partial charge in [0.25, 0.3) is 0 Å². The van der Waals surface area contributed by atoms with Gasteiger partial charge in [0, 0.05) is 24.2 Å². The van der Waals surface area contributed by atoms with Crippen LogP contribution in [0.25, 0.3) is 0 Å². The predicted molar refractivity (Wildman–Crippen MR) is 67.9 cm³/mol. The van der Waals surface area contributed by atoms with Crippen LogP contribution < -0.4 is 19.9 Å². The van der Waals surface area contributed by atoms with Crippen molar-refractivity contribution in [2.24, 2.45) is 11.7 Å². The highest BCUT2D eigenvalue weighted by molar-refractivity contribution is 5.41. The highest BCUT2D eigenvalue weighted by atomic mass is 16.5. The molecule has 1 atom stereocenters. The maximum Gasteiger partial charge on any atom is 0.126 e. The van der Waals surface area contributed by atoms with Crippen molar-refractivity contribution in [2.45, 2.75) is 19.9 Å². The molecule has 1 aromatic carbocycles. The minimum atomic E-state index is 0.0206. The van der Waals surface area contributed by atoms with E-state index in [1.165, 1.54) is 0 Å². The molecule has 96 valence electrons. The van der Waals surface area contributed by atoms with Crippen molar-refractivity contribution in [1.29, 1.82) is 0 Å². The highest BCUT2D eigenvalue weighted by Gasteiger charge is 2.09. The maximum atomic E-state index is 5.92. The van der Waals surface area contributed by atoms with E-state index < -0.39 is 0 Å². The van der Waals surface area contributed by atoms with Crippen molar-refractivity contribution in [2.75, 3.05) is 20.8 Å². The largest absolute Gasteiger partial charge is 0.496 e. The lowest BCUT2D eigenvalue weighted by molar-refractivity contribution is 0.257. The summed E-state index contributed by atoms with van der Waals surface area (Å²) in [6, 6.07) is 5.45. The van der Waals surface area contributed by atoms with Crippen LogP contribution in [0.15, 0.2) is 18.2 Å². The van der Waals surface area contributed by atoms with Gasteiger partial charge < -0.3 is 19.9 Å². The van der Waals surface area contributed by atoms with Gasteiger partial charge in [-0.25, -0.2) is 0 Å². The zero-order valence-corrected chi connectivity index (χ0v) is 10.9. The van der Waals surface area contributed by atoms with Gasteiger partial charge in [0.2, 0.25) is 0 Å². The minimum Gasteiger partial charge on any atom is -0.496 e. The van der Waals surface area contributed by atoms with Gasteiger partial charge in [0.15, 0.2) is 0 Å². The quantitative estimate of drug-likeness (QED) is 0.825. The Bertz CT molecular complexity index is 330. The van der Waals surface area contributed by atoms with E-state index in [4.69, 9.17) is 19.9 Å². The van der Waals surface area contributed by atoms with E-state index in [1.54, 1.807) is 20.3 Å². The highest BCUT2D eigenvalue weighted by Crippen LogP contribution is 2.27. The van der Waals surface area contributed by atoms with E-state index in [2.05, 4.69) is 13.8 Å². The first-order valence-electron chi connectivity index (χ1n) is 5.68. The summed E-state index contributed by atoms with van der Waals surface area (Å²) in [5.74, 6) is 2.51. The van der Waals surface area contributed by atoms with Crippen molar-refractivity contribution in [1.82, 2.24) is 0 Å². The summed E-state index contributed by atoms with van der Waals surface area (Å²) in [6.07, 6.45) is 0. The van der Waals surface area contributed by atoms with Gasteiger partial charge in [-0.2, -0.15) is 0 Å². The molecule has 0 saturated carbocycles. The fraction of sp³-hybridized carbons (Fsp3) is 0.538. The Morgan fingerprint density at radius 3 is 1.88 bits per heavy atom. The van der Waals surface area contributed by atoms with Crippen LogP contribution in [-0.2, 0) is 0 Å². The third-order valence-electron chi connectivity index (χ3n) is 2.62. The maximum absolute atomic E-state index is 5.92. The lowest BCUT2D eigenvalue weighted by atomic mass is 10.1. The van der Waals surface area contributed by atoms with Gasteiger partial charge in [0.05, 0.1) is 14.2 Å². The molecule has 4 heteroatoms. The monoisotopic (exact) mass is 239 g/mol. The van der Waals surface area contributed by atoms with Crippen LogP contribution >= 0.6 is 0 Å². The summed E-state index contributed by atoms with van der Waals surface area (Å²) in [7, 11) is 3.22. The van der Waals surface area contributed by atoms with Crippen molar-refractivity contribution in [3.8, 4) is 17.2 Å². The molecule has 0 spiro atoms. The summed E-state index contributed by atoms with van der Waals surface area (Å²) in [6.45, 7) is 4.62. The van der Waals surface area contributed by atoms with Crippen LogP contribution in [0.5, 0.6) is 17.2 Å². The number of hydrogen-bond acceptors (Lipinski definition) is 4. The molecule has 2 N–H and O–H groups in total. The van der Waals surface area contributed by atoms with Gasteiger partial charge >= 0.3 is 0 Å². The fourth-order valence-electron chi connectivity index (χ4n) is 1.25. The summed E-state index contributed by atoms with van der Waals surface area (Å²) in [4.78, 5) is 0. The molecule has 17 heavy (non-hydrogen) atoms. The van der Waals surface area contributed by atoms with Crippen LogP contribution in [-0.4, -0.2) is 26.9 Å². The number of nitrogens with two attached hydrogens (primary N) is 1. The average molecular weight is 239 g/mol. The van der Waals surface area contributed by atoms with Crippen molar-refractivity contribution in [3.05, 3.63) is 18.2 Å². The number of rotatable bonds is 6. The minimum absolute atomic E-state index is 0.0206. The van der Waals surface area contributed by atoms with Crippen molar-refractivity contribution < 1.29 is 14.2 Å². The molecule has 0 saturated heterocycles. The topological polar surface area (TPSA) is 53.7 Å². The third kappa shape index (κ3) is 4.15. The summed E-state index contributed by atoms with van der Waals surface area (Å²) < 4.78 is 15.9. The SMILES string of the molecule is COc1cc(OC)cc(OCC(N)C(C)C)c1. The number of ether oxygens (including phenoxy) is 3. The molecule has 0 aliphatic rings. The Hall–Kier alpha value is -1.42. The molecule has 0 aromatic heterocycles. The molecule has 0 heterocycles. The summed E-state index contributed by atoms with van der Waals surface area (Å²) in [5, 5.41) is 0. The standard InChI is InChI=1S/C13H21NO3/c1-9(2)13(14)8-17-12-6-10(15-3)5-11(7-12)16-4/h5-7,9,13H,8,14H2,1-4H3. The second-order valence-electron chi connectivity index (χ2n) is 4.27. The molecular weight excluding hydrogens is 218 g/mol. The van der Waals surface area contributed by atoms with E-state index in [9.17, 15) is 0 Å². The van der Waals surface area contributed by atoms with E-state index >= 15 is 0 Å². The van der Waals surface area contributed by atoms with Gasteiger partial charge in [-0.05, 0) is 5.92 Å². The molecule has 1 unspecified atom stereocenters. The second kappa shape index (κ2) is 6.35. The van der Waals surface area contributed by atoms with E-state index in [-0.39, 0.29) is 6.04 Å². The zero-order valence-electron chi connectivity index (χ0n) is 10.9. The molecule has 1 aromatic rings. The molecule has 0 aliphatic carbocycles. The van der Waals surface area contributed by atoms with Crippen LogP contribution in [0.4, 0.5) is 0 Å². The Kier molecular flexibility index (Phi) is 5.10. The summed E-state index contributed by atoms with van der Waals surface area (Å²) >= 11 is 0. The molecule has 0 aliphatic heterocycles. The van der Waals surface area contributed by atoms with Gasteiger partial charge in [-0.1, -0.05) is 13.8 Å². The Balaban J connectivity index is 2.70. The smallest absolute Gasteiger partial charge is 0.126 e. The molecular formula is C13H21NO3. The first kappa shape index (κ1) is 13.6. The van der Waals surface area contributed by atoms with Crippen LogP contribution in [0.3, 0.4) is 0 Å². The third-order valence-corrected chi connectivity index (χ3v) is 2.62. The van der Waals surface area contributed by atoms with Crippen LogP contribution in [0, 0.1) is 5.92 Å². The molecule has 0 bridgehead atoms. The van der Waals surface area contributed by atoms with Gasteiger partial charge in [-0.3, -0.25) is 0 Å². The Morgan fingerprint density at radius 2 is 1.47 bits per heavy atom. The number of methoxy groups -OCH3 is 2. The van der Waals surface area contributed by atoms with Crippen LogP contribution in [0.2, 0.25) is 0 Å². The molecule has 0 amide bonds. The van der Waals surface area contributed by atoms with Crippen molar-refractivity contribution >= 4 is 0 Å². The molecule has 0 fully saturated rings. The predicted octanol–water partition coefficient (Wildman–Crippen LogP) is 2.07.